The molecule has 1 aromatic rings. The summed E-state index contributed by atoms with van der Waals surface area (Å²) in [6, 6.07) is 5.37. The molecule has 1 saturated heterocycles. The summed E-state index contributed by atoms with van der Waals surface area (Å²) in [5.41, 5.74) is 0.799. The first-order valence-corrected chi connectivity index (χ1v) is 9.67. The highest BCUT2D eigenvalue weighted by Crippen LogP contribution is 2.44. The van der Waals surface area contributed by atoms with E-state index in [-0.39, 0.29) is 17.0 Å². The second kappa shape index (κ2) is 7.63. The van der Waals surface area contributed by atoms with Crippen LogP contribution in [-0.2, 0) is 19.1 Å². The molecule has 3 heterocycles. The largest absolute Gasteiger partial charge is 0.477 e. The summed E-state index contributed by atoms with van der Waals surface area (Å²) in [7, 11) is 0. The average Bonchev–Trinajstić information content (AvgIpc) is 2.62. The Morgan fingerprint density at radius 1 is 1.36 bits per heavy atom. The first-order chi connectivity index (χ1) is 13.2. The first-order valence-electron chi connectivity index (χ1n) is 8.62. The number of aromatic nitrogens is 1. The summed E-state index contributed by atoms with van der Waals surface area (Å²) in [6.45, 7) is 5.24. The summed E-state index contributed by atoms with van der Waals surface area (Å²) >= 11 is 1.42. The number of carbonyl (C=O) groups excluding carboxylic acids is 2. The lowest BCUT2D eigenvalue weighted by atomic mass is 10.0. The lowest BCUT2D eigenvalue weighted by molar-refractivity contribution is -0.148. The van der Waals surface area contributed by atoms with Gasteiger partial charge in [0.25, 0.3) is 5.91 Å². The maximum Gasteiger partial charge on any atom is 0.352 e. The monoisotopic (exact) mass is 400 g/mol. The number of ether oxygens (including phenoxy) is 1. The third-order valence-corrected chi connectivity index (χ3v) is 5.19. The average molecular weight is 400 g/mol. The number of rotatable bonds is 4. The Morgan fingerprint density at radius 3 is 2.71 bits per heavy atom. The molecular weight excluding hydrogens is 380 g/mol. The number of nitrogens with zero attached hydrogens (tertiary/aromatic N) is 2. The lowest BCUT2D eigenvalue weighted by Crippen LogP contribution is -2.56. The SMILES string of the molecule is CC(C)(C)OC(=O)C=CC1=C(C(=O)O)N2C(=O)C(=Cc3ccccn3)[C@@H]2SC1. The smallest absolute Gasteiger partial charge is 0.352 e. The van der Waals surface area contributed by atoms with Gasteiger partial charge in [0.05, 0.1) is 11.3 Å². The minimum atomic E-state index is -1.21. The number of aliphatic carboxylic acids is 1. The number of esters is 1. The number of amides is 1. The topological polar surface area (TPSA) is 96.8 Å². The van der Waals surface area contributed by atoms with Crippen molar-refractivity contribution in [2.24, 2.45) is 0 Å². The summed E-state index contributed by atoms with van der Waals surface area (Å²) in [4.78, 5) is 41.7. The van der Waals surface area contributed by atoms with Gasteiger partial charge in [-0.1, -0.05) is 6.07 Å². The van der Waals surface area contributed by atoms with E-state index in [4.69, 9.17) is 4.74 Å². The predicted octanol–water partition coefficient (Wildman–Crippen LogP) is 2.62. The summed E-state index contributed by atoms with van der Waals surface area (Å²) in [5.74, 6) is -1.79. The molecule has 0 spiro atoms. The number of pyridine rings is 1. The highest BCUT2D eigenvalue weighted by molar-refractivity contribution is 8.00. The number of β-lactam (4-membered cyclic amide) rings is 1. The van der Waals surface area contributed by atoms with Crippen LogP contribution in [0, 0.1) is 0 Å². The van der Waals surface area contributed by atoms with E-state index in [2.05, 4.69) is 4.98 Å². The summed E-state index contributed by atoms with van der Waals surface area (Å²) in [5, 5.41) is 9.26. The van der Waals surface area contributed by atoms with Gasteiger partial charge in [-0.2, -0.15) is 0 Å². The van der Waals surface area contributed by atoms with Crippen molar-refractivity contribution in [2.45, 2.75) is 31.7 Å². The third kappa shape index (κ3) is 4.17. The van der Waals surface area contributed by atoms with Crippen molar-refractivity contribution in [3.63, 3.8) is 0 Å². The van der Waals surface area contributed by atoms with Crippen molar-refractivity contribution >= 4 is 35.7 Å². The van der Waals surface area contributed by atoms with Crippen LogP contribution >= 0.6 is 11.8 Å². The van der Waals surface area contributed by atoms with E-state index in [0.717, 1.165) is 0 Å². The number of carboxylic acid groups (broad SMARTS) is 1. The molecule has 0 bridgehead atoms. The molecule has 146 valence electrons. The van der Waals surface area contributed by atoms with Gasteiger partial charge < -0.3 is 9.84 Å². The molecule has 0 saturated carbocycles. The number of hydrogen-bond acceptors (Lipinski definition) is 6. The Balaban J connectivity index is 1.85. The molecule has 2 aliphatic heterocycles. The van der Waals surface area contributed by atoms with Gasteiger partial charge in [0.1, 0.15) is 16.7 Å². The van der Waals surface area contributed by atoms with Crippen molar-refractivity contribution in [1.29, 1.82) is 0 Å². The van der Waals surface area contributed by atoms with E-state index in [9.17, 15) is 19.5 Å². The van der Waals surface area contributed by atoms with Crippen molar-refractivity contribution in [1.82, 2.24) is 9.88 Å². The molecule has 2 aliphatic rings. The maximum absolute atomic E-state index is 12.6. The van der Waals surface area contributed by atoms with Crippen LogP contribution in [0.2, 0.25) is 0 Å². The Morgan fingerprint density at radius 2 is 2.11 bits per heavy atom. The van der Waals surface area contributed by atoms with E-state index in [0.29, 0.717) is 22.6 Å². The second-order valence-electron chi connectivity index (χ2n) is 7.24. The van der Waals surface area contributed by atoms with Crippen LogP contribution < -0.4 is 0 Å². The van der Waals surface area contributed by atoms with E-state index in [1.807, 2.05) is 6.07 Å². The minimum absolute atomic E-state index is 0.105. The Kier molecular flexibility index (Phi) is 5.42. The number of carboxylic acids is 1. The predicted molar refractivity (Wildman–Crippen MR) is 105 cm³/mol. The molecule has 0 aromatic carbocycles. The van der Waals surface area contributed by atoms with Crippen LogP contribution in [0.15, 0.2) is 53.4 Å². The van der Waals surface area contributed by atoms with Gasteiger partial charge >= 0.3 is 11.9 Å². The van der Waals surface area contributed by atoms with Crippen molar-refractivity contribution in [2.75, 3.05) is 5.75 Å². The van der Waals surface area contributed by atoms with Crippen molar-refractivity contribution in [3.8, 4) is 0 Å². The molecule has 3 rings (SSSR count). The Labute approximate surface area is 166 Å². The molecule has 0 aliphatic carbocycles. The Hall–Kier alpha value is -2.87. The van der Waals surface area contributed by atoms with Crippen LogP contribution in [0.3, 0.4) is 0 Å². The van der Waals surface area contributed by atoms with Crippen molar-refractivity contribution < 1.29 is 24.2 Å². The number of allylic oxidation sites excluding steroid dienone is 1. The molecular formula is C20H20N2O5S. The van der Waals surface area contributed by atoms with Crippen LogP contribution in [-0.4, -0.2) is 49.6 Å². The summed E-state index contributed by atoms with van der Waals surface area (Å²) in [6.07, 6.45) is 5.91. The molecule has 1 amide bonds. The number of carbonyl (C=O) groups is 3. The van der Waals surface area contributed by atoms with Gasteiger partial charge in [-0.25, -0.2) is 9.59 Å². The highest BCUT2D eigenvalue weighted by atomic mass is 32.2. The molecule has 7 nitrogen and oxygen atoms in total. The molecule has 0 radical (unpaired) electrons. The van der Waals surface area contributed by atoms with Crippen LogP contribution in [0.1, 0.15) is 26.5 Å². The fraction of sp³-hybridized carbons (Fsp3) is 0.300. The van der Waals surface area contributed by atoms with Gasteiger partial charge in [-0.15, -0.1) is 11.8 Å². The zero-order chi connectivity index (χ0) is 20.5. The number of hydrogen-bond donors (Lipinski definition) is 1. The number of thioether (sulfide) groups is 1. The zero-order valence-corrected chi connectivity index (χ0v) is 16.5. The van der Waals surface area contributed by atoms with Gasteiger partial charge in [-0.05, 0) is 50.6 Å². The molecule has 1 N–H and O–H groups in total. The van der Waals surface area contributed by atoms with Crippen LogP contribution in [0.25, 0.3) is 6.08 Å². The van der Waals surface area contributed by atoms with E-state index >= 15 is 0 Å². The van der Waals surface area contributed by atoms with Crippen LogP contribution in [0.4, 0.5) is 0 Å². The highest BCUT2D eigenvalue weighted by Gasteiger charge is 2.49. The fourth-order valence-electron chi connectivity index (χ4n) is 2.82. The third-order valence-electron chi connectivity index (χ3n) is 3.93. The van der Waals surface area contributed by atoms with E-state index < -0.39 is 17.5 Å². The van der Waals surface area contributed by atoms with E-state index in [1.54, 1.807) is 45.2 Å². The normalized spacial score (nSPS) is 21.0. The second-order valence-corrected chi connectivity index (χ2v) is 8.31. The van der Waals surface area contributed by atoms with Gasteiger partial charge in [-0.3, -0.25) is 14.7 Å². The molecule has 1 fully saturated rings. The van der Waals surface area contributed by atoms with Crippen LogP contribution in [0.5, 0.6) is 0 Å². The molecule has 1 atom stereocenters. The van der Waals surface area contributed by atoms with Gasteiger partial charge in [0.15, 0.2) is 0 Å². The molecule has 28 heavy (non-hydrogen) atoms. The maximum atomic E-state index is 12.6. The van der Waals surface area contributed by atoms with Gasteiger partial charge in [0, 0.05) is 18.0 Å². The van der Waals surface area contributed by atoms with Gasteiger partial charge in [0.2, 0.25) is 0 Å². The minimum Gasteiger partial charge on any atom is -0.477 e. The lowest BCUT2D eigenvalue weighted by Gasteiger charge is -2.45. The molecule has 0 unspecified atom stereocenters. The van der Waals surface area contributed by atoms with Crippen molar-refractivity contribution in [3.05, 3.63) is 59.1 Å². The number of fused-ring (bicyclic) bond motifs is 1. The summed E-state index contributed by atoms with van der Waals surface area (Å²) < 4.78 is 5.19. The quantitative estimate of drug-likeness (QED) is 0.471. The first kappa shape index (κ1) is 19.9. The zero-order valence-electron chi connectivity index (χ0n) is 15.7. The fourth-order valence-corrected chi connectivity index (χ4v) is 4.09. The Bertz CT molecular complexity index is 912. The molecule has 1 aromatic heterocycles. The van der Waals surface area contributed by atoms with E-state index in [1.165, 1.54) is 28.8 Å². The standard InChI is InChI=1S/C20H20N2O5S/c1-20(2,3)27-15(23)8-7-12-11-28-18-14(10-13-6-4-5-9-21-13)17(24)22(18)16(12)19(25)26/h4-10,18H,11H2,1-3H3,(H,25,26)/t18-/m0/s1. The molecule has 8 heteroatoms.